The smallest absolute Gasteiger partial charge is 0.256 e. The Labute approximate surface area is 134 Å². The van der Waals surface area contributed by atoms with Crippen LogP contribution >= 0.6 is 0 Å². The number of hydrogen-bond acceptors (Lipinski definition) is 3. The Morgan fingerprint density at radius 2 is 2.13 bits per heavy atom. The Morgan fingerprint density at radius 1 is 1.26 bits per heavy atom. The predicted molar refractivity (Wildman–Crippen MR) is 88.0 cm³/mol. The number of hydrogen-bond donors (Lipinski definition) is 0. The minimum absolute atomic E-state index is 0.0233. The minimum atomic E-state index is 0.0233. The molecule has 3 heterocycles. The quantitative estimate of drug-likeness (QED) is 0.731. The summed E-state index contributed by atoms with van der Waals surface area (Å²) in [7, 11) is 1.98. The molecule has 3 aromatic rings. The summed E-state index contributed by atoms with van der Waals surface area (Å²) < 4.78 is 2.01. The van der Waals surface area contributed by atoms with Gasteiger partial charge in [-0.1, -0.05) is 18.2 Å². The van der Waals surface area contributed by atoms with Crippen molar-refractivity contribution in [3.8, 4) is 0 Å². The van der Waals surface area contributed by atoms with E-state index in [1.807, 2.05) is 47.0 Å². The van der Waals surface area contributed by atoms with E-state index in [1.165, 1.54) is 0 Å². The van der Waals surface area contributed by atoms with Crippen molar-refractivity contribution in [3.05, 3.63) is 60.3 Å². The summed E-state index contributed by atoms with van der Waals surface area (Å²) in [6.07, 6.45) is 8.98. The van der Waals surface area contributed by atoms with Crippen molar-refractivity contribution in [1.82, 2.24) is 19.4 Å². The molecule has 1 aromatic carbocycles. The van der Waals surface area contributed by atoms with E-state index in [0.717, 1.165) is 41.5 Å². The minimum Gasteiger partial charge on any atom is -0.350 e. The number of carbonyl (C=O) groups is 1. The molecule has 23 heavy (non-hydrogen) atoms. The van der Waals surface area contributed by atoms with Gasteiger partial charge in [-0.3, -0.25) is 14.8 Å². The van der Waals surface area contributed by atoms with Gasteiger partial charge in [-0.25, -0.2) is 0 Å². The molecule has 1 atom stereocenters. The van der Waals surface area contributed by atoms with Gasteiger partial charge in [-0.2, -0.15) is 0 Å². The third-order valence-electron chi connectivity index (χ3n) is 4.57. The number of aryl methyl sites for hydroxylation is 1. The second-order valence-corrected chi connectivity index (χ2v) is 5.96. The second kappa shape index (κ2) is 5.50. The molecule has 0 spiro atoms. The number of para-hydroxylation sites is 1. The molecule has 0 bridgehead atoms. The molecule has 4 rings (SSSR count). The average Bonchev–Trinajstić information content (AvgIpc) is 3.21. The van der Waals surface area contributed by atoms with Gasteiger partial charge in [-0.05, 0) is 18.9 Å². The third kappa shape index (κ3) is 2.29. The fourth-order valence-electron chi connectivity index (χ4n) is 3.47. The molecule has 0 saturated carbocycles. The number of rotatable bonds is 2. The van der Waals surface area contributed by atoms with Crippen LogP contribution in [0.4, 0.5) is 0 Å². The first kappa shape index (κ1) is 13.9. The zero-order valence-electron chi connectivity index (χ0n) is 13.0. The molecule has 0 aliphatic carbocycles. The normalized spacial score (nSPS) is 17.8. The first-order valence-corrected chi connectivity index (χ1v) is 7.86. The largest absolute Gasteiger partial charge is 0.350 e. The summed E-state index contributed by atoms with van der Waals surface area (Å²) in [5.41, 5.74) is 2.71. The maximum Gasteiger partial charge on any atom is 0.256 e. The van der Waals surface area contributed by atoms with E-state index in [0.29, 0.717) is 0 Å². The van der Waals surface area contributed by atoms with Gasteiger partial charge >= 0.3 is 0 Å². The van der Waals surface area contributed by atoms with Crippen LogP contribution in [0.25, 0.3) is 10.9 Å². The Morgan fingerprint density at radius 3 is 2.96 bits per heavy atom. The average molecular weight is 306 g/mol. The molecule has 5 nitrogen and oxygen atoms in total. The zero-order valence-corrected chi connectivity index (χ0v) is 13.0. The topological polar surface area (TPSA) is 51.0 Å². The summed E-state index contributed by atoms with van der Waals surface area (Å²) in [4.78, 5) is 23.6. The van der Waals surface area contributed by atoms with E-state index in [9.17, 15) is 4.79 Å². The molecular weight excluding hydrogens is 288 g/mol. The van der Waals surface area contributed by atoms with Crippen molar-refractivity contribution in [2.45, 2.75) is 18.9 Å². The van der Waals surface area contributed by atoms with E-state index in [2.05, 4.69) is 9.97 Å². The van der Waals surface area contributed by atoms with Crippen LogP contribution in [0.15, 0.2) is 49.1 Å². The fourth-order valence-corrected chi connectivity index (χ4v) is 3.47. The van der Waals surface area contributed by atoms with Gasteiger partial charge in [0, 0.05) is 43.1 Å². The molecular formula is C18H18N4O. The van der Waals surface area contributed by atoms with Crippen molar-refractivity contribution in [2.75, 3.05) is 6.54 Å². The standard InChI is InChI=1S/C18H18N4O/c1-21-12-14(13-5-2-3-6-16(13)21)18(23)22-10-4-7-17(22)15-11-19-8-9-20-15/h2-3,5-6,8-9,11-12,17H,4,7,10H2,1H3. The number of fused-ring (bicyclic) bond motifs is 1. The van der Waals surface area contributed by atoms with Gasteiger partial charge in [0.1, 0.15) is 0 Å². The molecule has 1 unspecified atom stereocenters. The molecule has 2 aromatic heterocycles. The molecule has 1 fully saturated rings. The van der Waals surface area contributed by atoms with Crippen LogP contribution in [0.1, 0.15) is 34.9 Å². The monoisotopic (exact) mass is 306 g/mol. The van der Waals surface area contributed by atoms with Crippen molar-refractivity contribution in [2.24, 2.45) is 7.05 Å². The van der Waals surface area contributed by atoms with E-state index < -0.39 is 0 Å². The lowest BCUT2D eigenvalue weighted by Crippen LogP contribution is -2.31. The first-order chi connectivity index (χ1) is 11.3. The summed E-state index contributed by atoms with van der Waals surface area (Å²) in [5, 5.41) is 1.00. The highest BCUT2D eigenvalue weighted by Gasteiger charge is 2.32. The Kier molecular flexibility index (Phi) is 3.33. The lowest BCUT2D eigenvalue weighted by atomic mass is 10.1. The van der Waals surface area contributed by atoms with Crippen LogP contribution in [-0.2, 0) is 7.05 Å². The van der Waals surface area contributed by atoms with Crippen LogP contribution < -0.4 is 0 Å². The number of likely N-dealkylation sites (tertiary alicyclic amines) is 1. The van der Waals surface area contributed by atoms with E-state index in [1.54, 1.807) is 18.6 Å². The summed E-state index contributed by atoms with van der Waals surface area (Å²) in [5.74, 6) is 0.0787. The predicted octanol–water partition coefficient (Wildman–Crippen LogP) is 2.95. The number of amides is 1. The summed E-state index contributed by atoms with van der Waals surface area (Å²) in [6, 6.07) is 8.04. The van der Waals surface area contributed by atoms with Crippen molar-refractivity contribution in [1.29, 1.82) is 0 Å². The maximum absolute atomic E-state index is 13.1. The van der Waals surface area contributed by atoms with E-state index in [-0.39, 0.29) is 11.9 Å². The lowest BCUT2D eigenvalue weighted by molar-refractivity contribution is 0.0734. The van der Waals surface area contributed by atoms with Crippen LogP contribution in [0.5, 0.6) is 0 Å². The molecule has 0 radical (unpaired) electrons. The molecule has 5 heteroatoms. The summed E-state index contributed by atoms with van der Waals surface area (Å²) in [6.45, 7) is 0.767. The fraction of sp³-hybridized carbons (Fsp3) is 0.278. The van der Waals surface area contributed by atoms with Gasteiger partial charge in [0.2, 0.25) is 0 Å². The van der Waals surface area contributed by atoms with Crippen LogP contribution in [0.2, 0.25) is 0 Å². The highest BCUT2D eigenvalue weighted by molar-refractivity contribution is 6.07. The first-order valence-electron chi connectivity index (χ1n) is 7.86. The molecule has 0 N–H and O–H groups in total. The van der Waals surface area contributed by atoms with E-state index in [4.69, 9.17) is 0 Å². The van der Waals surface area contributed by atoms with E-state index >= 15 is 0 Å². The molecule has 116 valence electrons. The van der Waals surface area contributed by atoms with Crippen LogP contribution in [0.3, 0.4) is 0 Å². The molecule has 1 saturated heterocycles. The third-order valence-corrected chi connectivity index (χ3v) is 4.57. The molecule has 1 aliphatic heterocycles. The van der Waals surface area contributed by atoms with Gasteiger partial charge in [-0.15, -0.1) is 0 Å². The molecule has 1 aliphatic rings. The lowest BCUT2D eigenvalue weighted by Gasteiger charge is -2.23. The maximum atomic E-state index is 13.1. The van der Waals surface area contributed by atoms with Crippen LogP contribution in [0, 0.1) is 0 Å². The van der Waals surface area contributed by atoms with Crippen LogP contribution in [-0.4, -0.2) is 31.9 Å². The van der Waals surface area contributed by atoms with Crippen molar-refractivity contribution >= 4 is 16.8 Å². The van der Waals surface area contributed by atoms with Crippen molar-refractivity contribution < 1.29 is 4.79 Å². The van der Waals surface area contributed by atoms with Crippen molar-refractivity contribution in [3.63, 3.8) is 0 Å². The Bertz CT molecular complexity index is 856. The zero-order chi connectivity index (χ0) is 15.8. The highest BCUT2D eigenvalue weighted by Crippen LogP contribution is 2.33. The molecule has 1 amide bonds. The van der Waals surface area contributed by atoms with Gasteiger partial charge in [0.25, 0.3) is 5.91 Å². The summed E-state index contributed by atoms with van der Waals surface area (Å²) >= 11 is 0. The second-order valence-electron chi connectivity index (χ2n) is 5.96. The van der Waals surface area contributed by atoms with Gasteiger partial charge in [0.05, 0.1) is 23.5 Å². The number of carbonyl (C=O) groups excluding carboxylic acids is 1. The number of aromatic nitrogens is 3. The number of nitrogens with zero attached hydrogens (tertiary/aromatic N) is 4. The highest BCUT2D eigenvalue weighted by atomic mass is 16.2. The van der Waals surface area contributed by atoms with Gasteiger partial charge in [0.15, 0.2) is 0 Å². The van der Waals surface area contributed by atoms with Gasteiger partial charge < -0.3 is 9.47 Å². The Balaban J connectivity index is 1.73. The number of benzene rings is 1. The Hall–Kier alpha value is -2.69. The SMILES string of the molecule is Cn1cc(C(=O)N2CCCC2c2cnccn2)c2ccccc21.